The molecule has 14 aromatic carbocycles. The summed E-state index contributed by atoms with van der Waals surface area (Å²) in [6.45, 7) is 0. The Bertz CT molecular complexity index is 6740. The summed E-state index contributed by atoms with van der Waals surface area (Å²) in [5.74, 6) is 2.64. The Balaban J connectivity index is 0.000000141. The van der Waals surface area contributed by atoms with Crippen LogP contribution in [0.3, 0.4) is 0 Å². The van der Waals surface area contributed by atoms with Crippen LogP contribution in [0.2, 0.25) is 0 Å². The molecule has 8 aromatic heterocycles. The molecule has 0 aliphatic heterocycles. The predicted octanol–water partition coefficient (Wildman–Crippen LogP) is 26.7. The summed E-state index contributed by atoms with van der Waals surface area (Å²) in [6, 6.07) is 134. The summed E-state index contributed by atoms with van der Waals surface area (Å²) < 4.78 is 7.21. The van der Waals surface area contributed by atoms with Crippen molar-refractivity contribution in [3.8, 4) is 124 Å². The first-order valence-corrected chi connectivity index (χ1v) is 39.1. The highest BCUT2D eigenvalue weighted by atomic mass is 32.1. The third-order valence-electron chi connectivity index (χ3n) is 21.1. The van der Waals surface area contributed by atoms with Gasteiger partial charge in [-0.05, 0) is 89.0 Å². The first kappa shape index (κ1) is 65.8. The van der Waals surface area contributed by atoms with Gasteiger partial charge in [0.15, 0.2) is 23.3 Å². The summed E-state index contributed by atoms with van der Waals surface area (Å²) >= 11 is 3.66. The quantitative estimate of drug-likeness (QED) is 0.120. The van der Waals surface area contributed by atoms with Gasteiger partial charge in [-0.25, -0.2) is 34.9 Å². The topological polar surface area (TPSA) is 100 Å². The fourth-order valence-electron chi connectivity index (χ4n) is 15.7. The number of pyridine rings is 2. The van der Waals surface area contributed by atoms with Gasteiger partial charge in [0.2, 0.25) is 0 Å². The molecule has 0 aliphatic rings. The minimum atomic E-state index is 0.637. The molecule has 0 radical (unpaired) electrons. The summed E-state index contributed by atoms with van der Waals surface area (Å²) in [5.41, 5.74) is 23.1. The predicted molar refractivity (Wildman–Crippen MR) is 466 cm³/mol. The zero-order chi connectivity index (χ0) is 74.0. The Hall–Kier alpha value is -14.5. The molecule has 0 spiro atoms. The van der Waals surface area contributed by atoms with Crippen LogP contribution < -0.4 is 0 Å². The number of para-hydroxylation sites is 4. The van der Waals surface area contributed by atoms with E-state index in [9.17, 15) is 0 Å². The lowest BCUT2D eigenvalue weighted by Gasteiger charge is -2.11. The maximum absolute atomic E-state index is 5.37. The summed E-state index contributed by atoms with van der Waals surface area (Å²) in [7, 11) is 0. The van der Waals surface area contributed by atoms with Gasteiger partial charge in [-0.2, -0.15) is 0 Å². The van der Waals surface area contributed by atoms with Crippen molar-refractivity contribution in [1.82, 2.24) is 44.0 Å². The second-order valence-corrected chi connectivity index (χ2v) is 29.9. The van der Waals surface area contributed by atoms with Crippen molar-refractivity contribution in [3.05, 3.63) is 382 Å². The summed E-state index contributed by atoms with van der Waals surface area (Å²) in [6.07, 6.45) is 0. The SMILES string of the molecule is c1ccc(-c2cc(-c3ccc(-c4ccc5nc(-c6ccccc6)c6sc7c(c8ccccc8n7-c7ccccc7)c6c5c4)cc3)nc(-c3ccccc3)n2)cc1.c1ccc(-c2nc(-c3ccccc3)nc(-c3ccc(-c4ccc5nc(-c6ccccc6)c6sc7c(c8ccccc8n7-c7ccccc7)c6c5c4)cc3)n2)cc1. The van der Waals surface area contributed by atoms with Crippen LogP contribution in [0.25, 0.3) is 208 Å². The van der Waals surface area contributed by atoms with Gasteiger partial charge in [-0.3, -0.25) is 0 Å². The number of rotatable bonds is 12. The fourth-order valence-corrected chi connectivity index (χ4v) is 18.5. The van der Waals surface area contributed by atoms with E-state index in [1.807, 2.05) is 120 Å². The van der Waals surface area contributed by atoms with Crippen molar-refractivity contribution in [2.24, 2.45) is 0 Å². The number of hydrogen-bond acceptors (Lipinski definition) is 9. The molecule has 22 aromatic rings. The van der Waals surface area contributed by atoms with Gasteiger partial charge in [0.05, 0.1) is 54.2 Å². The number of benzene rings is 14. The van der Waals surface area contributed by atoms with Crippen molar-refractivity contribution in [2.45, 2.75) is 0 Å². The van der Waals surface area contributed by atoms with Crippen LogP contribution in [0, 0.1) is 0 Å². The van der Waals surface area contributed by atoms with E-state index in [2.05, 4.69) is 294 Å². The number of hydrogen-bond donors (Lipinski definition) is 0. The maximum Gasteiger partial charge on any atom is 0.164 e. The minimum absolute atomic E-state index is 0.637. The molecule has 0 unspecified atom stereocenters. The molecule has 0 atom stereocenters. The molecule has 112 heavy (non-hydrogen) atoms. The number of nitrogens with zero attached hydrogens (tertiary/aromatic N) is 9. The first-order chi connectivity index (χ1) is 55.5. The highest BCUT2D eigenvalue weighted by molar-refractivity contribution is 7.27. The van der Waals surface area contributed by atoms with E-state index in [4.69, 9.17) is 34.9 Å². The van der Waals surface area contributed by atoms with Crippen LogP contribution in [0.15, 0.2) is 382 Å². The summed E-state index contributed by atoms with van der Waals surface area (Å²) in [4.78, 5) is 38.0. The minimum Gasteiger partial charge on any atom is -0.301 e. The van der Waals surface area contributed by atoms with E-state index >= 15 is 0 Å². The number of fused-ring (bicyclic) bond motifs is 14. The van der Waals surface area contributed by atoms with Crippen molar-refractivity contribution in [1.29, 1.82) is 0 Å². The van der Waals surface area contributed by atoms with Crippen LogP contribution in [0.4, 0.5) is 0 Å². The fraction of sp³-hybridized carbons (Fsp3) is 0. The molecule has 0 saturated heterocycles. The van der Waals surface area contributed by atoms with Crippen LogP contribution in [-0.4, -0.2) is 44.0 Å². The molecular weight excluding hydrogens is 1400 g/mol. The van der Waals surface area contributed by atoms with Crippen LogP contribution in [0.1, 0.15) is 0 Å². The Morgan fingerprint density at radius 3 is 0.866 bits per heavy atom. The Kier molecular flexibility index (Phi) is 16.4. The van der Waals surface area contributed by atoms with Crippen LogP contribution in [0.5, 0.6) is 0 Å². The molecule has 0 fully saturated rings. The lowest BCUT2D eigenvalue weighted by atomic mass is 9.97. The molecule has 22 rings (SSSR count). The molecule has 0 saturated carbocycles. The van der Waals surface area contributed by atoms with Crippen molar-refractivity contribution in [3.63, 3.8) is 0 Å². The lowest BCUT2D eigenvalue weighted by molar-refractivity contribution is 1.07. The van der Waals surface area contributed by atoms with E-state index in [1.54, 1.807) is 0 Å². The zero-order valence-corrected chi connectivity index (χ0v) is 61.8. The molecule has 524 valence electrons. The largest absolute Gasteiger partial charge is 0.301 e. The molecular formula is C101H63N9S2. The highest BCUT2D eigenvalue weighted by Crippen LogP contribution is 2.51. The monoisotopic (exact) mass is 1470 g/mol. The molecule has 0 bridgehead atoms. The van der Waals surface area contributed by atoms with E-state index < -0.39 is 0 Å². The van der Waals surface area contributed by atoms with Crippen LogP contribution >= 0.6 is 22.7 Å². The summed E-state index contributed by atoms with van der Waals surface area (Å²) in [5, 5.41) is 9.80. The Morgan fingerprint density at radius 1 is 0.196 bits per heavy atom. The van der Waals surface area contributed by atoms with Crippen molar-refractivity contribution < 1.29 is 0 Å². The maximum atomic E-state index is 5.37. The zero-order valence-electron chi connectivity index (χ0n) is 60.2. The third-order valence-corrected chi connectivity index (χ3v) is 23.4. The first-order valence-electron chi connectivity index (χ1n) is 37.4. The molecule has 11 heteroatoms. The molecule has 0 N–H and O–H groups in total. The third kappa shape index (κ3) is 11.7. The average Bonchev–Trinajstić information content (AvgIpc) is 1.55. The standard InChI is InChI=1S/C51H32N4S.C50H31N5S/c1-5-15-34(16-6-1)43-32-44(54-50(53-43)37-19-9-3-10-20-37)35-27-25-33(26-28-35)38-29-30-42-41(31-38)46-47-40-23-13-14-24-45(40)55(39-21-11-4-12-22-39)51(47)56-49(46)48(52-42)36-17-7-2-8-18-36;1-5-15-33(16-6-1)45-46-43(44-39-23-13-14-24-42(39)55(50(44)56-46)38-21-11-4-12-22-38)40-31-37(29-30-41(40)51-45)32-25-27-36(28-26-32)49-53-47(34-17-7-2-8-18-34)52-48(54-49)35-19-9-3-10-20-35/h1-32H;1-31H. The van der Waals surface area contributed by atoms with Crippen LogP contribution in [-0.2, 0) is 0 Å². The van der Waals surface area contributed by atoms with Gasteiger partial charge in [-0.15, -0.1) is 22.7 Å². The number of thiophene rings is 2. The van der Waals surface area contributed by atoms with E-state index in [-0.39, 0.29) is 0 Å². The second-order valence-electron chi connectivity index (χ2n) is 27.9. The van der Waals surface area contributed by atoms with Gasteiger partial charge in [0.1, 0.15) is 9.66 Å². The molecule has 9 nitrogen and oxygen atoms in total. The van der Waals surface area contributed by atoms with Gasteiger partial charge in [-0.1, -0.05) is 315 Å². The Morgan fingerprint density at radius 2 is 0.482 bits per heavy atom. The molecule has 8 heterocycles. The normalized spacial score (nSPS) is 11.6. The van der Waals surface area contributed by atoms with E-state index in [1.165, 1.54) is 62.4 Å². The van der Waals surface area contributed by atoms with Crippen molar-refractivity contribution >= 4 is 107 Å². The average molecular weight is 1470 g/mol. The van der Waals surface area contributed by atoms with E-state index in [0.717, 1.165) is 123 Å². The van der Waals surface area contributed by atoms with Crippen molar-refractivity contribution in [2.75, 3.05) is 0 Å². The molecule has 0 amide bonds. The van der Waals surface area contributed by atoms with Gasteiger partial charge < -0.3 is 9.13 Å². The van der Waals surface area contributed by atoms with Gasteiger partial charge in [0.25, 0.3) is 0 Å². The Labute approximate surface area is 652 Å². The van der Waals surface area contributed by atoms with Gasteiger partial charge in [0, 0.05) is 99.0 Å². The number of aromatic nitrogens is 9. The smallest absolute Gasteiger partial charge is 0.164 e. The molecule has 0 aliphatic carbocycles. The van der Waals surface area contributed by atoms with E-state index in [0.29, 0.717) is 23.3 Å². The second kappa shape index (κ2) is 27.9. The van der Waals surface area contributed by atoms with Gasteiger partial charge >= 0.3 is 0 Å². The highest BCUT2D eigenvalue weighted by Gasteiger charge is 2.26. The lowest BCUT2D eigenvalue weighted by Crippen LogP contribution is -2.00.